The Bertz CT molecular complexity index is 1340. The molecular weight excluding hydrogens is 430 g/mol. The summed E-state index contributed by atoms with van der Waals surface area (Å²) in [6, 6.07) is 22.4. The standard InChI is InChI=1S/C28H27NO5/c1-3-32-23-15-14-19(18-24(23)33-4-2)16-17-29-27(30)26-25(20-10-6-5-7-11-20)21-12-8-9-13-22(21)28(31)34-26/h5-15,18H,3-4,16-17H2,1-2H3,(H,29,30). The third kappa shape index (κ3) is 4.96. The molecule has 1 amide bonds. The van der Waals surface area contributed by atoms with E-state index in [0.29, 0.717) is 54.0 Å². The highest BCUT2D eigenvalue weighted by atomic mass is 16.5. The van der Waals surface area contributed by atoms with E-state index in [1.165, 1.54) is 0 Å². The van der Waals surface area contributed by atoms with Gasteiger partial charge in [0.1, 0.15) is 0 Å². The number of fused-ring (bicyclic) bond motifs is 1. The molecule has 4 aromatic rings. The van der Waals surface area contributed by atoms with Crippen LogP contribution >= 0.6 is 0 Å². The van der Waals surface area contributed by atoms with Gasteiger partial charge in [0.25, 0.3) is 5.91 Å². The monoisotopic (exact) mass is 457 g/mol. The summed E-state index contributed by atoms with van der Waals surface area (Å²) in [6.07, 6.45) is 0.580. The maximum absolute atomic E-state index is 13.1. The summed E-state index contributed by atoms with van der Waals surface area (Å²) in [5.41, 5.74) is 1.87. The van der Waals surface area contributed by atoms with Gasteiger partial charge in [-0.2, -0.15) is 0 Å². The maximum Gasteiger partial charge on any atom is 0.344 e. The van der Waals surface area contributed by atoms with Gasteiger partial charge in [-0.1, -0.05) is 54.6 Å². The lowest BCUT2D eigenvalue weighted by Crippen LogP contribution is -2.27. The molecule has 1 aromatic heterocycles. The Balaban J connectivity index is 1.58. The molecule has 0 saturated carbocycles. The molecule has 34 heavy (non-hydrogen) atoms. The predicted molar refractivity (Wildman–Crippen MR) is 133 cm³/mol. The molecule has 0 aliphatic carbocycles. The zero-order chi connectivity index (χ0) is 23.9. The zero-order valence-corrected chi connectivity index (χ0v) is 19.3. The van der Waals surface area contributed by atoms with Crippen molar-refractivity contribution in [3.63, 3.8) is 0 Å². The summed E-state index contributed by atoms with van der Waals surface area (Å²) in [7, 11) is 0. The first kappa shape index (κ1) is 23.1. The van der Waals surface area contributed by atoms with Gasteiger partial charge >= 0.3 is 5.63 Å². The lowest BCUT2D eigenvalue weighted by Gasteiger charge is -2.13. The molecule has 0 radical (unpaired) electrons. The molecule has 3 aromatic carbocycles. The summed E-state index contributed by atoms with van der Waals surface area (Å²) in [5, 5.41) is 4.02. The molecule has 6 heteroatoms. The Morgan fingerprint density at radius 2 is 1.53 bits per heavy atom. The average Bonchev–Trinajstić information content (AvgIpc) is 2.86. The molecule has 1 N–H and O–H groups in total. The lowest BCUT2D eigenvalue weighted by atomic mass is 9.98. The molecule has 0 atom stereocenters. The van der Waals surface area contributed by atoms with Crippen LogP contribution in [0.3, 0.4) is 0 Å². The number of hydrogen-bond donors (Lipinski definition) is 1. The van der Waals surface area contributed by atoms with Crippen molar-refractivity contribution >= 4 is 16.7 Å². The third-order valence-corrected chi connectivity index (χ3v) is 5.41. The van der Waals surface area contributed by atoms with Gasteiger partial charge in [-0.05, 0) is 49.6 Å². The van der Waals surface area contributed by atoms with Crippen LogP contribution in [0.5, 0.6) is 11.5 Å². The van der Waals surface area contributed by atoms with E-state index >= 15 is 0 Å². The van der Waals surface area contributed by atoms with E-state index in [9.17, 15) is 9.59 Å². The van der Waals surface area contributed by atoms with Crippen LogP contribution in [0.4, 0.5) is 0 Å². The van der Waals surface area contributed by atoms with Crippen molar-refractivity contribution in [2.75, 3.05) is 19.8 Å². The summed E-state index contributed by atoms with van der Waals surface area (Å²) in [5.74, 6) is 0.955. The largest absolute Gasteiger partial charge is 0.490 e. The summed E-state index contributed by atoms with van der Waals surface area (Å²) < 4.78 is 16.8. The average molecular weight is 458 g/mol. The van der Waals surface area contributed by atoms with Crippen molar-refractivity contribution in [2.45, 2.75) is 20.3 Å². The van der Waals surface area contributed by atoms with E-state index in [-0.39, 0.29) is 5.76 Å². The van der Waals surface area contributed by atoms with E-state index in [4.69, 9.17) is 13.9 Å². The molecule has 6 nitrogen and oxygen atoms in total. The van der Waals surface area contributed by atoms with Crippen LogP contribution in [0.2, 0.25) is 0 Å². The van der Waals surface area contributed by atoms with Crippen molar-refractivity contribution in [1.82, 2.24) is 5.32 Å². The Hall–Kier alpha value is -4.06. The molecular formula is C28H27NO5. The van der Waals surface area contributed by atoms with Gasteiger partial charge in [0.05, 0.1) is 18.6 Å². The fourth-order valence-corrected chi connectivity index (χ4v) is 3.90. The number of rotatable bonds is 9. The van der Waals surface area contributed by atoms with Gasteiger partial charge in [0.15, 0.2) is 11.5 Å². The summed E-state index contributed by atoms with van der Waals surface area (Å²) in [4.78, 5) is 25.7. The van der Waals surface area contributed by atoms with Gasteiger partial charge in [0.2, 0.25) is 5.76 Å². The first-order valence-electron chi connectivity index (χ1n) is 11.4. The first-order chi connectivity index (χ1) is 16.6. The fourth-order valence-electron chi connectivity index (χ4n) is 3.90. The van der Waals surface area contributed by atoms with Crippen molar-refractivity contribution in [1.29, 1.82) is 0 Å². The minimum absolute atomic E-state index is 0.0107. The van der Waals surface area contributed by atoms with Crippen LogP contribution in [0.1, 0.15) is 30.0 Å². The second-order valence-corrected chi connectivity index (χ2v) is 7.66. The van der Waals surface area contributed by atoms with E-state index < -0.39 is 11.5 Å². The second kappa shape index (κ2) is 10.7. The van der Waals surface area contributed by atoms with Crippen molar-refractivity contribution in [3.8, 4) is 22.6 Å². The second-order valence-electron chi connectivity index (χ2n) is 7.66. The van der Waals surface area contributed by atoms with Gasteiger partial charge < -0.3 is 19.2 Å². The fraction of sp³-hybridized carbons (Fsp3) is 0.214. The SMILES string of the molecule is CCOc1ccc(CCNC(=O)c2oc(=O)c3ccccc3c2-c2ccccc2)cc1OCC. The molecule has 0 aliphatic rings. The van der Waals surface area contributed by atoms with Crippen LogP contribution < -0.4 is 20.4 Å². The van der Waals surface area contributed by atoms with E-state index in [1.54, 1.807) is 12.1 Å². The molecule has 1 heterocycles. The van der Waals surface area contributed by atoms with Crippen LogP contribution in [0, 0.1) is 0 Å². The lowest BCUT2D eigenvalue weighted by molar-refractivity contribution is 0.0923. The number of nitrogens with one attached hydrogen (secondary N) is 1. The number of ether oxygens (including phenoxy) is 2. The molecule has 0 spiro atoms. The van der Waals surface area contributed by atoms with Gasteiger partial charge in [-0.25, -0.2) is 4.79 Å². The van der Waals surface area contributed by atoms with Crippen molar-refractivity contribution in [2.24, 2.45) is 0 Å². The highest BCUT2D eigenvalue weighted by molar-refractivity contribution is 6.07. The highest BCUT2D eigenvalue weighted by Crippen LogP contribution is 2.31. The molecule has 0 fully saturated rings. The number of carbonyl (C=O) groups excluding carboxylic acids is 1. The maximum atomic E-state index is 13.1. The summed E-state index contributed by atoms with van der Waals surface area (Å²) in [6.45, 7) is 5.29. The van der Waals surface area contributed by atoms with Gasteiger partial charge in [0, 0.05) is 17.5 Å². The first-order valence-corrected chi connectivity index (χ1v) is 11.4. The molecule has 174 valence electrons. The van der Waals surface area contributed by atoms with E-state index in [0.717, 1.165) is 11.1 Å². The van der Waals surface area contributed by atoms with Crippen molar-refractivity contribution < 1.29 is 18.7 Å². The molecule has 0 saturated heterocycles. The number of amides is 1. The molecule has 0 bridgehead atoms. The van der Waals surface area contributed by atoms with Gasteiger partial charge in [-0.15, -0.1) is 0 Å². The summed E-state index contributed by atoms with van der Waals surface area (Å²) >= 11 is 0. The Morgan fingerprint density at radius 1 is 0.853 bits per heavy atom. The van der Waals surface area contributed by atoms with Gasteiger partial charge in [-0.3, -0.25) is 4.79 Å². The topological polar surface area (TPSA) is 77.8 Å². The van der Waals surface area contributed by atoms with E-state index in [2.05, 4.69) is 5.32 Å². The molecule has 4 rings (SSSR count). The Kier molecular flexibility index (Phi) is 7.28. The minimum Gasteiger partial charge on any atom is -0.490 e. The van der Waals surface area contributed by atoms with Crippen LogP contribution in [-0.4, -0.2) is 25.7 Å². The van der Waals surface area contributed by atoms with E-state index in [1.807, 2.05) is 74.5 Å². The van der Waals surface area contributed by atoms with Crippen LogP contribution in [0.25, 0.3) is 21.9 Å². The quantitative estimate of drug-likeness (QED) is 0.372. The molecule has 0 aliphatic heterocycles. The molecule has 0 unspecified atom stereocenters. The zero-order valence-electron chi connectivity index (χ0n) is 19.3. The number of hydrogen-bond acceptors (Lipinski definition) is 5. The van der Waals surface area contributed by atoms with Crippen LogP contribution in [0.15, 0.2) is 82.0 Å². The smallest absolute Gasteiger partial charge is 0.344 e. The minimum atomic E-state index is -0.534. The Labute approximate surface area is 198 Å². The predicted octanol–water partition coefficient (Wildman–Crippen LogP) is 5.23. The third-order valence-electron chi connectivity index (χ3n) is 5.41. The Morgan fingerprint density at radius 3 is 2.26 bits per heavy atom. The normalized spacial score (nSPS) is 10.8. The van der Waals surface area contributed by atoms with Crippen LogP contribution in [-0.2, 0) is 6.42 Å². The number of carbonyl (C=O) groups is 1. The highest BCUT2D eigenvalue weighted by Gasteiger charge is 2.21. The number of benzene rings is 3. The van der Waals surface area contributed by atoms with Crippen molar-refractivity contribution in [3.05, 3.63) is 94.5 Å².